The van der Waals surface area contributed by atoms with Crippen molar-refractivity contribution in [3.8, 4) is 6.07 Å². The van der Waals surface area contributed by atoms with Gasteiger partial charge >= 0.3 is 11.9 Å². The van der Waals surface area contributed by atoms with E-state index in [-0.39, 0.29) is 17.8 Å². The summed E-state index contributed by atoms with van der Waals surface area (Å²) in [6.45, 7) is 10.3. The normalized spacial score (nSPS) is 9.56. The molecule has 0 aliphatic carbocycles. The van der Waals surface area contributed by atoms with Crippen molar-refractivity contribution in [3.05, 3.63) is 91.1 Å². The van der Waals surface area contributed by atoms with Crippen molar-refractivity contribution in [2.45, 2.75) is 0 Å². The van der Waals surface area contributed by atoms with Crippen molar-refractivity contribution in [1.29, 1.82) is 5.26 Å². The smallest absolute Gasteiger partial charge is 0.337 e. The second kappa shape index (κ2) is 12.9. The van der Waals surface area contributed by atoms with Crippen molar-refractivity contribution < 1.29 is 19.4 Å². The Balaban J connectivity index is 0.000000463. The first-order valence-corrected chi connectivity index (χ1v) is 7.10. The van der Waals surface area contributed by atoms with Crippen LogP contribution in [0, 0.1) is 11.3 Å². The number of aliphatic carboxylic acids is 1. The van der Waals surface area contributed by atoms with Crippen molar-refractivity contribution in [3.63, 3.8) is 0 Å². The topological polar surface area (TPSA) is 87.4 Å². The van der Waals surface area contributed by atoms with Crippen LogP contribution in [-0.4, -0.2) is 23.7 Å². The SMILES string of the molecule is C=C(C=Cc1ccccc1)C(=O)O.C=CCOC(=O)C(=C)C=CC#N. The highest BCUT2D eigenvalue weighted by Gasteiger charge is 2.02. The summed E-state index contributed by atoms with van der Waals surface area (Å²) in [5, 5.41) is 16.6. The van der Waals surface area contributed by atoms with E-state index < -0.39 is 11.9 Å². The number of allylic oxidation sites excluding steroid dienone is 1. The van der Waals surface area contributed by atoms with Crippen LogP contribution in [0.5, 0.6) is 0 Å². The minimum absolute atomic E-state index is 0.0869. The zero-order valence-corrected chi connectivity index (χ0v) is 13.7. The van der Waals surface area contributed by atoms with Crippen LogP contribution >= 0.6 is 0 Å². The van der Waals surface area contributed by atoms with Gasteiger partial charge in [0.05, 0.1) is 17.2 Å². The molecule has 0 amide bonds. The second-order valence-corrected chi connectivity index (χ2v) is 4.45. The maximum Gasteiger partial charge on any atom is 0.337 e. The molecule has 0 radical (unpaired) electrons. The third-order valence-electron chi connectivity index (χ3n) is 2.50. The Labute approximate surface area is 147 Å². The Morgan fingerprint density at radius 3 is 2.32 bits per heavy atom. The van der Waals surface area contributed by atoms with E-state index in [9.17, 15) is 9.59 Å². The minimum Gasteiger partial charge on any atom is -0.478 e. The Bertz CT molecular complexity index is 722. The largest absolute Gasteiger partial charge is 0.478 e. The van der Waals surface area contributed by atoms with Crippen LogP contribution in [-0.2, 0) is 14.3 Å². The molecule has 1 rings (SSSR count). The monoisotopic (exact) mass is 337 g/mol. The summed E-state index contributed by atoms with van der Waals surface area (Å²) >= 11 is 0. The third kappa shape index (κ3) is 10.7. The Hall–Kier alpha value is -3.65. The second-order valence-electron chi connectivity index (χ2n) is 4.45. The van der Waals surface area contributed by atoms with Gasteiger partial charge in [-0.25, -0.2) is 9.59 Å². The van der Waals surface area contributed by atoms with Gasteiger partial charge in [0.2, 0.25) is 0 Å². The minimum atomic E-state index is -0.993. The summed E-state index contributed by atoms with van der Waals surface area (Å²) in [5.41, 5.74) is 1.20. The fourth-order valence-corrected chi connectivity index (χ4v) is 1.27. The lowest BCUT2D eigenvalue weighted by molar-refractivity contribution is -0.137. The third-order valence-corrected chi connectivity index (χ3v) is 2.50. The maximum atomic E-state index is 10.9. The van der Waals surface area contributed by atoms with Crippen LogP contribution in [0.2, 0.25) is 0 Å². The summed E-state index contributed by atoms with van der Waals surface area (Å²) < 4.78 is 4.63. The lowest BCUT2D eigenvalue weighted by atomic mass is 10.2. The number of carboxylic acids is 1. The Morgan fingerprint density at radius 1 is 1.16 bits per heavy atom. The number of esters is 1. The predicted octanol–water partition coefficient (Wildman–Crippen LogP) is 3.69. The van der Waals surface area contributed by atoms with Gasteiger partial charge in [0.1, 0.15) is 6.61 Å². The van der Waals surface area contributed by atoms with E-state index in [4.69, 9.17) is 10.4 Å². The van der Waals surface area contributed by atoms with Crippen LogP contribution in [0.1, 0.15) is 5.56 Å². The first-order valence-electron chi connectivity index (χ1n) is 7.10. The van der Waals surface area contributed by atoms with Gasteiger partial charge in [0, 0.05) is 6.08 Å². The quantitative estimate of drug-likeness (QED) is 0.269. The van der Waals surface area contributed by atoms with E-state index in [0.29, 0.717) is 0 Å². The van der Waals surface area contributed by atoms with Crippen LogP contribution in [0.4, 0.5) is 0 Å². The van der Waals surface area contributed by atoms with E-state index >= 15 is 0 Å². The number of benzene rings is 1. The molecule has 1 N–H and O–H groups in total. The molecule has 0 saturated carbocycles. The number of hydrogen-bond donors (Lipinski definition) is 1. The fourth-order valence-electron chi connectivity index (χ4n) is 1.27. The highest BCUT2D eigenvalue weighted by atomic mass is 16.5. The molecule has 5 heteroatoms. The van der Waals surface area contributed by atoms with Crippen LogP contribution in [0.3, 0.4) is 0 Å². The first-order chi connectivity index (χ1) is 11.9. The molecule has 0 heterocycles. The molecule has 0 bridgehead atoms. The molecule has 0 aliphatic heterocycles. The average Bonchev–Trinajstić information content (AvgIpc) is 2.63. The highest BCUT2D eigenvalue weighted by molar-refractivity contribution is 5.91. The van der Waals surface area contributed by atoms with Gasteiger partial charge in [-0.3, -0.25) is 0 Å². The van der Waals surface area contributed by atoms with Gasteiger partial charge in [-0.05, 0) is 17.7 Å². The molecule has 0 fully saturated rings. The Morgan fingerprint density at radius 2 is 1.80 bits per heavy atom. The molecule has 0 aliphatic rings. The zero-order chi connectivity index (χ0) is 19.1. The lowest BCUT2D eigenvalue weighted by Gasteiger charge is -1.98. The van der Waals surface area contributed by atoms with Crippen LogP contribution in [0.15, 0.2) is 85.5 Å². The molecule has 25 heavy (non-hydrogen) atoms. The zero-order valence-electron chi connectivity index (χ0n) is 13.7. The van der Waals surface area contributed by atoms with E-state index in [0.717, 1.165) is 11.6 Å². The first kappa shape index (κ1) is 21.4. The predicted molar refractivity (Wildman–Crippen MR) is 97.3 cm³/mol. The van der Waals surface area contributed by atoms with Gasteiger partial charge in [-0.15, -0.1) is 0 Å². The van der Waals surface area contributed by atoms with E-state index in [1.54, 1.807) is 12.1 Å². The van der Waals surface area contributed by atoms with Gasteiger partial charge in [-0.2, -0.15) is 5.26 Å². The molecule has 1 aromatic rings. The molecule has 128 valence electrons. The van der Waals surface area contributed by atoms with Crippen molar-refractivity contribution >= 4 is 18.0 Å². The molecule has 0 unspecified atom stereocenters. The number of carboxylic acid groups (broad SMARTS) is 1. The molecular weight excluding hydrogens is 318 g/mol. The van der Waals surface area contributed by atoms with Crippen molar-refractivity contribution in [1.82, 2.24) is 0 Å². The van der Waals surface area contributed by atoms with Crippen molar-refractivity contribution in [2.75, 3.05) is 6.61 Å². The molecule has 0 atom stereocenters. The van der Waals surface area contributed by atoms with Gasteiger partial charge in [0.25, 0.3) is 0 Å². The summed E-state index contributed by atoms with van der Waals surface area (Å²) in [4.78, 5) is 21.2. The molecule has 5 nitrogen and oxygen atoms in total. The van der Waals surface area contributed by atoms with Gasteiger partial charge in [0.15, 0.2) is 0 Å². The Kier molecular flexibility index (Phi) is 11.0. The number of nitrogens with zero attached hydrogens (tertiary/aromatic N) is 1. The van der Waals surface area contributed by atoms with E-state index in [1.165, 1.54) is 18.2 Å². The average molecular weight is 337 g/mol. The highest BCUT2D eigenvalue weighted by Crippen LogP contribution is 2.03. The van der Waals surface area contributed by atoms with E-state index in [2.05, 4.69) is 24.5 Å². The number of rotatable bonds is 7. The number of carbonyl (C=O) groups excluding carboxylic acids is 1. The summed E-state index contributed by atoms with van der Waals surface area (Å²) in [6.07, 6.45) is 7.12. The number of carbonyl (C=O) groups is 2. The molecular formula is C20H19NO4. The maximum absolute atomic E-state index is 10.9. The van der Waals surface area contributed by atoms with Crippen LogP contribution < -0.4 is 0 Å². The number of nitriles is 1. The van der Waals surface area contributed by atoms with E-state index in [1.807, 2.05) is 30.3 Å². The summed E-state index contributed by atoms with van der Waals surface area (Å²) in [6, 6.07) is 11.2. The standard InChI is InChI=1S/C11H10O2.C9H9NO2/c1-9(11(12)13)7-8-10-5-3-2-4-6-10;1-3-7-12-9(11)8(2)5-4-6-10/h2-8H,1H2,(H,12,13);3-5H,1-2,7H2. The number of ether oxygens (including phenoxy) is 1. The van der Waals surface area contributed by atoms with Crippen molar-refractivity contribution in [2.24, 2.45) is 0 Å². The van der Waals surface area contributed by atoms with Gasteiger partial charge in [-0.1, -0.05) is 62.2 Å². The number of hydrogen-bond acceptors (Lipinski definition) is 4. The summed E-state index contributed by atoms with van der Waals surface area (Å²) in [7, 11) is 0. The molecule has 0 saturated heterocycles. The molecule has 0 aromatic heterocycles. The van der Waals surface area contributed by atoms with Gasteiger partial charge < -0.3 is 9.84 Å². The molecule has 1 aromatic carbocycles. The lowest BCUT2D eigenvalue weighted by Crippen LogP contribution is -2.05. The summed E-state index contributed by atoms with van der Waals surface area (Å²) in [5.74, 6) is -1.53. The molecule has 0 spiro atoms. The van der Waals surface area contributed by atoms with Crippen LogP contribution in [0.25, 0.3) is 6.08 Å². The fraction of sp³-hybridized carbons (Fsp3) is 0.0500.